The maximum absolute atomic E-state index is 11.1. The Bertz CT molecular complexity index is 503. The van der Waals surface area contributed by atoms with Gasteiger partial charge in [0.05, 0.1) is 0 Å². The van der Waals surface area contributed by atoms with E-state index < -0.39 is 11.1 Å². The molecule has 0 aliphatic rings. The predicted molar refractivity (Wildman–Crippen MR) is 70.9 cm³/mol. The molecule has 0 unspecified atom stereocenters. The molecule has 98 valence electrons. The van der Waals surface area contributed by atoms with Crippen LogP contribution in [0.15, 0.2) is 5.16 Å². The Labute approximate surface area is 121 Å². The number of carbonyl (C=O) groups is 2. The minimum atomic E-state index is -0.876. The maximum atomic E-state index is 11.1. The first-order valence-electron chi connectivity index (χ1n) is 4.33. The number of amides is 1. The Morgan fingerprint density at radius 1 is 1.56 bits per heavy atom. The predicted octanol–water partition coefficient (Wildman–Crippen LogP) is 2.09. The average molecular weight is 331 g/mol. The summed E-state index contributed by atoms with van der Waals surface area (Å²) in [4.78, 5) is 30.6. The van der Waals surface area contributed by atoms with Crippen molar-refractivity contribution in [3.8, 4) is 0 Å². The zero-order valence-corrected chi connectivity index (χ0v) is 12.0. The molecule has 18 heavy (non-hydrogen) atoms. The second-order valence-electron chi connectivity index (χ2n) is 2.72. The first kappa shape index (κ1) is 15.2. The number of hydrogen-bond donors (Lipinski definition) is 1. The van der Waals surface area contributed by atoms with Crippen molar-refractivity contribution in [3.05, 3.63) is 10.0 Å². The van der Waals surface area contributed by atoms with Crippen LogP contribution >= 0.6 is 46.1 Å². The number of aromatic nitrogens is 1. The third-order valence-corrected chi connectivity index (χ3v) is 3.14. The monoisotopic (exact) mass is 329 g/mol. The molecule has 0 saturated heterocycles. The Morgan fingerprint density at radius 3 is 2.72 bits per heavy atom. The SMILES string of the molecule is CO/N=C(\C(=O)Cl)c1nc(NC(=O)CCl)sc1Cl. The molecule has 1 amide bonds. The Morgan fingerprint density at radius 2 is 2.22 bits per heavy atom. The summed E-state index contributed by atoms with van der Waals surface area (Å²) in [6.07, 6.45) is 0. The van der Waals surface area contributed by atoms with Crippen LogP contribution in [0.5, 0.6) is 0 Å². The fourth-order valence-corrected chi connectivity index (χ4v) is 2.17. The Balaban J connectivity index is 3.07. The lowest BCUT2D eigenvalue weighted by Gasteiger charge is -1.97. The Hall–Kier alpha value is -0.890. The molecule has 1 heterocycles. The van der Waals surface area contributed by atoms with E-state index in [-0.39, 0.29) is 26.8 Å². The van der Waals surface area contributed by atoms with Gasteiger partial charge >= 0.3 is 0 Å². The number of nitrogens with zero attached hydrogens (tertiary/aromatic N) is 2. The summed E-state index contributed by atoms with van der Waals surface area (Å²) in [6, 6.07) is 0. The van der Waals surface area contributed by atoms with Crippen LogP contribution in [-0.2, 0) is 14.4 Å². The minimum Gasteiger partial charge on any atom is -0.398 e. The van der Waals surface area contributed by atoms with Gasteiger partial charge in [0.15, 0.2) is 10.8 Å². The molecule has 0 spiro atoms. The van der Waals surface area contributed by atoms with Crippen molar-refractivity contribution >= 4 is 68.1 Å². The van der Waals surface area contributed by atoms with Crippen molar-refractivity contribution in [1.29, 1.82) is 0 Å². The van der Waals surface area contributed by atoms with Crippen molar-refractivity contribution < 1.29 is 14.4 Å². The maximum Gasteiger partial charge on any atom is 0.276 e. The number of carbonyl (C=O) groups excluding carboxylic acids is 2. The third kappa shape index (κ3) is 3.81. The van der Waals surface area contributed by atoms with Crippen LogP contribution < -0.4 is 5.32 Å². The van der Waals surface area contributed by atoms with E-state index in [1.807, 2.05) is 0 Å². The van der Waals surface area contributed by atoms with E-state index in [0.717, 1.165) is 11.3 Å². The molecule has 0 radical (unpaired) electrons. The number of anilines is 1. The van der Waals surface area contributed by atoms with Gasteiger partial charge in [-0.1, -0.05) is 28.1 Å². The van der Waals surface area contributed by atoms with Crippen LogP contribution in [0.1, 0.15) is 5.69 Å². The number of hydrogen-bond acceptors (Lipinski definition) is 6. The van der Waals surface area contributed by atoms with Crippen molar-refractivity contribution in [2.45, 2.75) is 0 Å². The van der Waals surface area contributed by atoms with Crippen molar-refractivity contribution in [3.63, 3.8) is 0 Å². The number of oxime groups is 1. The second kappa shape index (κ2) is 6.89. The summed E-state index contributed by atoms with van der Waals surface area (Å²) in [7, 11) is 1.25. The molecule has 10 heteroatoms. The highest BCUT2D eigenvalue weighted by Gasteiger charge is 2.21. The van der Waals surface area contributed by atoms with Crippen molar-refractivity contribution in [2.75, 3.05) is 18.3 Å². The van der Waals surface area contributed by atoms with Crippen LogP contribution in [0.4, 0.5) is 5.13 Å². The molecular formula is C8H6Cl3N3O3S. The fraction of sp³-hybridized carbons (Fsp3) is 0.250. The molecule has 0 fully saturated rings. The molecule has 0 aliphatic carbocycles. The van der Waals surface area contributed by atoms with E-state index in [4.69, 9.17) is 34.8 Å². The van der Waals surface area contributed by atoms with Gasteiger partial charge in [-0.05, 0) is 11.6 Å². The van der Waals surface area contributed by atoms with Crippen LogP contribution in [0.3, 0.4) is 0 Å². The lowest BCUT2D eigenvalue weighted by Crippen LogP contribution is -2.14. The van der Waals surface area contributed by atoms with Gasteiger partial charge in [-0.2, -0.15) is 0 Å². The third-order valence-electron chi connectivity index (χ3n) is 1.55. The molecule has 1 aromatic heterocycles. The summed E-state index contributed by atoms with van der Waals surface area (Å²) >= 11 is 17.5. The van der Waals surface area contributed by atoms with Crippen LogP contribution in [-0.4, -0.2) is 34.8 Å². The largest absolute Gasteiger partial charge is 0.398 e. The van der Waals surface area contributed by atoms with Gasteiger partial charge in [0, 0.05) is 0 Å². The molecule has 0 bridgehead atoms. The summed E-state index contributed by atoms with van der Waals surface area (Å²) in [5.41, 5.74) is -0.208. The highest BCUT2D eigenvalue weighted by atomic mass is 35.5. The summed E-state index contributed by atoms with van der Waals surface area (Å²) in [6.45, 7) is 0. The van der Waals surface area contributed by atoms with Crippen LogP contribution in [0.2, 0.25) is 4.34 Å². The van der Waals surface area contributed by atoms with Crippen LogP contribution in [0, 0.1) is 0 Å². The van der Waals surface area contributed by atoms with E-state index in [9.17, 15) is 9.59 Å². The first-order valence-corrected chi connectivity index (χ1v) is 6.43. The van der Waals surface area contributed by atoms with Crippen molar-refractivity contribution in [1.82, 2.24) is 4.98 Å². The standard InChI is InChI=1S/C8H6Cl3N3O3S/c1-17-14-4(6(10)16)5-7(11)18-8(13-5)12-3(15)2-9/h2H2,1H3,(H,12,13,15)/b14-4-. The van der Waals surface area contributed by atoms with Gasteiger partial charge in [-0.3, -0.25) is 9.59 Å². The topological polar surface area (TPSA) is 80.7 Å². The number of alkyl halides is 1. The molecule has 1 aromatic rings. The first-order chi connectivity index (χ1) is 8.49. The zero-order chi connectivity index (χ0) is 13.7. The zero-order valence-electron chi connectivity index (χ0n) is 8.87. The lowest BCUT2D eigenvalue weighted by molar-refractivity contribution is -0.114. The second-order valence-corrected chi connectivity index (χ2v) is 4.93. The van der Waals surface area contributed by atoms with E-state index in [2.05, 4.69) is 20.3 Å². The van der Waals surface area contributed by atoms with E-state index in [0.29, 0.717) is 0 Å². The molecule has 1 rings (SSSR count). The normalized spacial score (nSPS) is 11.2. The van der Waals surface area contributed by atoms with Gasteiger partial charge in [-0.25, -0.2) is 4.98 Å². The summed E-state index contributed by atoms with van der Waals surface area (Å²) in [5, 5.41) is 5.12. The smallest absolute Gasteiger partial charge is 0.276 e. The lowest BCUT2D eigenvalue weighted by atomic mass is 10.3. The van der Waals surface area contributed by atoms with E-state index in [1.165, 1.54) is 7.11 Å². The molecule has 6 nitrogen and oxygen atoms in total. The summed E-state index contributed by atoms with van der Waals surface area (Å²) in [5.74, 6) is -0.670. The van der Waals surface area contributed by atoms with Gasteiger partial charge in [0.2, 0.25) is 5.91 Å². The quantitative estimate of drug-likeness (QED) is 0.388. The van der Waals surface area contributed by atoms with E-state index in [1.54, 1.807) is 0 Å². The summed E-state index contributed by atoms with van der Waals surface area (Å²) < 4.78 is 0.143. The van der Waals surface area contributed by atoms with Gasteiger partial charge in [0.1, 0.15) is 23.0 Å². The van der Waals surface area contributed by atoms with Gasteiger partial charge in [-0.15, -0.1) is 11.6 Å². The molecule has 0 saturated carbocycles. The van der Waals surface area contributed by atoms with Gasteiger partial charge < -0.3 is 10.2 Å². The molecule has 0 aliphatic heterocycles. The molecule has 0 atom stereocenters. The average Bonchev–Trinajstić information content (AvgIpc) is 2.66. The minimum absolute atomic E-state index is 0.0355. The number of thiazole rings is 1. The number of halogens is 3. The fourth-order valence-electron chi connectivity index (χ4n) is 0.917. The Kier molecular flexibility index (Phi) is 5.80. The van der Waals surface area contributed by atoms with Crippen molar-refractivity contribution in [2.24, 2.45) is 5.16 Å². The van der Waals surface area contributed by atoms with Crippen LogP contribution in [0.25, 0.3) is 0 Å². The molecular weight excluding hydrogens is 325 g/mol. The molecule has 1 N–H and O–H groups in total. The van der Waals surface area contributed by atoms with E-state index >= 15 is 0 Å². The molecule has 0 aromatic carbocycles. The highest BCUT2D eigenvalue weighted by molar-refractivity contribution is 7.20. The number of nitrogens with one attached hydrogen (secondary N) is 1. The van der Waals surface area contributed by atoms with Gasteiger partial charge in [0.25, 0.3) is 5.24 Å². The number of rotatable bonds is 5. The highest BCUT2D eigenvalue weighted by Crippen LogP contribution is 2.29.